The summed E-state index contributed by atoms with van der Waals surface area (Å²) in [6, 6.07) is 5.74. The minimum atomic E-state index is -0.0473. The number of nitrogens with one attached hydrogen (secondary N) is 3. The Hall–Kier alpha value is -1.55. The van der Waals surface area contributed by atoms with Crippen molar-refractivity contribution in [2.45, 2.75) is 33.2 Å². The van der Waals surface area contributed by atoms with Crippen LogP contribution in [0.1, 0.15) is 36.7 Å². The van der Waals surface area contributed by atoms with Gasteiger partial charge in [-0.2, -0.15) is 0 Å². The Morgan fingerprint density at radius 1 is 1.21 bits per heavy atom. The monoisotopic (exact) mass is 263 g/mol. The molecule has 1 aromatic carbocycles. The molecule has 0 bridgehead atoms. The average Bonchev–Trinajstić information content (AvgIpc) is 2.34. The highest BCUT2D eigenvalue weighted by molar-refractivity contribution is 5.96. The van der Waals surface area contributed by atoms with Gasteiger partial charge in [0, 0.05) is 36.9 Å². The topological polar surface area (TPSA) is 53.2 Å². The summed E-state index contributed by atoms with van der Waals surface area (Å²) in [7, 11) is 1.65. The van der Waals surface area contributed by atoms with Crippen molar-refractivity contribution in [2.75, 3.05) is 25.5 Å². The van der Waals surface area contributed by atoms with Crippen LogP contribution in [0.15, 0.2) is 18.2 Å². The fraction of sp³-hybridized carbons (Fsp3) is 0.533. The normalized spacial score (nSPS) is 11.2. The van der Waals surface area contributed by atoms with E-state index in [-0.39, 0.29) is 11.4 Å². The second-order valence-electron chi connectivity index (χ2n) is 5.66. The molecule has 0 heterocycles. The number of hydrogen-bond acceptors (Lipinski definition) is 3. The third-order valence-electron chi connectivity index (χ3n) is 2.90. The Balaban J connectivity index is 2.62. The highest BCUT2D eigenvalue weighted by Gasteiger charge is 2.10. The number of hydrogen-bond donors (Lipinski definition) is 3. The largest absolute Gasteiger partial charge is 0.384 e. The smallest absolute Gasteiger partial charge is 0.251 e. The van der Waals surface area contributed by atoms with E-state index in [0.29, 0.717) is 0 Å². The van der Waals surface area contributed by atoms with E-state index >= 15 is 0 Å². The number of rotatable bonds is 5. The number of anilines is 1. The van der Waals surface area contributed by atoms with Gasteiger partial charge in [-0.1, -0.05) is 6.07 Å². The van der Waals surface area contributed by atoms with E-state index in [1.165, 1.54) is 0 Å². The molecule has 0 aliphatic heterocycles. The first-order chi connectivity index (χ1) is 8.85. The fourth-order valence-electron chi connectivity index (χ4n) is 1.84. The predicted molar refractivity (Wildman–Crippen MR) is 80.8 cm³/mol. The minimum Gasteiger partial charge on any atom is -0.384 e. The molecule has 0 radical (unpaired) electrons. The predicted octanol–water partition coefficient (Wildman–Crippen LogP) is 2.15. The van der Waals surface area contributed by atoms with E-state index in [4.69, 9.17) is 0 Å². The molecule has 0 saturated carbocycles. The van der Waals surface area contributed by atoms with Gasteiger partial charge < -0.3 is 16.0 Å². The molecule has 0 aromatic heterocycles. The van der Waals surface area contributed by atoms with Gasteiger partial charge in [0.05, 0.1) is 0 Å². The molecule has 0 saturated heterocycles. The van der Waals surface area contributed by atoms with Gasteiger partial charge in [0.25, 0.3) is 5.91 Å². The molecule has 1 amide bonds. The molecule has 3 N–H and O–H groups in total. The molecular formula is C15H25N3O. The number of benzene rings is 1. The molecule has 106 valence electrons. The van der Waals surface area contributed by atoms with Crippen LogP contribution in [0, 0.1) is 6.92 Å². The van der Waals surface area contributed by atoms with E-state index in [1.807, 2.05) is 25.1 Å². The second kappa shape index (κ2) is 6.57. The number of carbonyl (C=O) groups is 1. The molecule has 1 aromatic rings. The van der Waals surface area contributed by atoms with Crippen molar-refractivity contribution in [3.8, 4) is 0 Å². The van der Waals surface area contributed by atoms with Crippen molar-refractivity contribution < 1.29 is 4.79 Å². The lowest BCUT2D eigenvalue weighted by Crippen LogP contribution is -2.38. The number of amides is 1. The molecule has 0 aliphatic rings. The summed E-state index contributed by atoms with van der Waals surface area (Å²) in [5.74, 6) is -0.0473. The molecule has 4 nitrogen and oxygen atoms in total. The molecule has 0 atom stereocenters. The van der Waals surface area contributed by atoms with E-state index in [0.717, 1.165) is 29.9 Å². The van der Waals surface area contributed by atoms with Gasteiger partial charge in [-0.25, -0.2) is 0 Å². The fourth-order valence-corrected chi connectivity index (χ4v) is 1.84. The molecule has 19 heavy (non-hydrogen) atoms. The van der Waals surface area contributed by atoms with Crippen LogP contribution in [0.2, 0.25) is 0 Å². The molecule has 0 spiro atoms. The summed E-state index contributed by atoms with van der Waals surface area (Å²) in [5.41, 5.74) is 2.84. The maximum atomic E-state index is 11.7. The summed E-state index contributed by atoms with van der Waals surface area (Å²) in [4.78, 5) is 11.7. The van der Waals surface area contributed by atoms with E-state index in [2.05, 4.69) is 36.7 Å². The lowest BCUT2D eigenvalue weighted by atomic mass is 10.1. The quantitative estimate of drug-likeness (QED) is 0.714. The first-order valence-corrected chi connectivity index (χ1v) is 6.66. The van der Waals surface area contributed by atoms with Gasteiger partial charge in [0.1, 0.15) is 0 Å². The third kappa shape index (κ3) is 4.91. The van der Waals surface area contributed by atoms with Crippen molar-refractivity contribution >= 4 is 11.6 Å². The van der Waals surface area contributed by atoms with Gasteiger partial charge in [-0.05, 0) is 45.4 Å². The van der Waals surface area contributed by atoms with Crippen LogP contribution in [-0.2, 0) is 0 Å². The third-order valence-corrected chi connectivity index (χ3v) is 2.90. The van der Waals surface area contributed by atoms with Gasteiger partial charge in [-0.15, -0.1) is 0 Å². The minimum absolute atomic E-state index is 0.0473. The van der Waals surface area contributed by atoms with Crippen molar-refractivity contribution in [1.29, 1.82) is 0 Å². The molecule has 0 unspecified atom stereocenters. The summed E-state index contributed by atoms with van der Waals surface area (Å²) in [6.45, 7) is 10.1. The summed E-state index contributed by atoms with van der Waals surface area (Å²) >= 11 is 0. The molecule has 0 fully saturated rings. The van der Waals surface area contributed by atoms with Gasteiger partial charge in [0.2, 0.25) is 0 Å². The molecular weight excluding hydrogens is 238 g/mol. The van der Waals surface area contributed by atoms with Gasteiger partial charge in [-0.3, -0.25) is 4.79 Å². The maximum Gasteiger partial charge on any atom is 0.251 e. The van der Waals surface area contributed by atoms with Crippen LogP contribution >= 0.6 is 0 Å². The first kappa shape index (κ1) is 15.5. The van der Waals surface area contributed by atoms with E-state index < -0.39 is 0 Å². The van der Waals surface area contributed by atoms with E-state index in [9.17, 15) is 4.79 Å². The molecule has 0 aliphatic carbocycles. The van der Waals surface area contributed by atoms with Crippen LogP contribution < -0.4 is 16.0 Å². The molecule has 1 rings (SSSR count). The maximum absolute atomic E-state index is 11.7. The van der Waals surface area contributed by atoms with Crippen LogP contribution in [0.5, 0.6) is 0 Å². The SMILES string of the molecule is CNC(=O)c1cccc(NCCNC(C)(C)C)c1C. The standard InChI is InChI=1S/C15H25N3O/c1-11-12(14(19)16-5)7-6-8-13(11)17-9-10-18-15(2,3)4/h6-8,17-18H,9-10H2,1-5H3,(H,16,19). The Bertz CT molecular complexity index is 436. The van der Waals surface area contributed by atoms with Crippen LogP contribution in [-0.4, -0.2) is 31.6 Å². The Kier molecular flexibility index (Phi) is 5.36. The van der Waals surface area contributed by atoms with Gasteiger partial charge >= 0.3 is 0 Å². The average molecular weight is 263 g/mol. The summed E-state index contributed by atoms with van der Waals surface area (Å²) < 4.78 is 0. The first-order valence-electron chi connectivity index (χ1n) is 6.66. The summed E-state index contributed by atoms with van der Waals surface area (Å²) in [6.07, 6.45) is 0. The highest BCUT2D eigenvalue weighted by atomic mass is 16.1. The van der Waals surface area contributed by atoms with Crippen molar-refractivity contribution in [2.24, 2.45) is 0 Å². The Morgan fingerprint density at radius 3 is 2.47 bits per heavy atom. The lowest BCUT2D eigenvalue weighted by molar-refractivity contribution is 0.0962. The van der Waals surface area contributed by atoms with Gasteiger partial charge in [0.15, 0.2) is 0 Å². The zero-order valence-electron chi connectivity index (χ0n) is 12.6. The van der Waals surface area contributed by atoms with Crippen LogP contribution in [0.4, 0.5) is 5.69 Å². The lowest BCUT2D eigenvalue weighted by Gasteiger charge is -2.21. The highest BCUT2D eigenvalue weighted by Crippen LogP contribution is 2.18. The van der Waals surface area contributed by atoms with Crippen LogP contribution in [0.25, 0.3) is 0 Å². The van der Waals surface area contributed by atoms with Crippen LogP contribution in [0.3, 0.4) is 0 Å². The van der Waals surface area contributed by atoms with Crippen molar-refractivity contribution in [3.05, 3.63) is 29.3 Å². The summed E-state index contributed by atoms with van der Waals surface area (Å²) in [5, 5.41) is 9.44. The zero-order valence-corrected chi connectivity index (χ0v) is 12.6. The molecule has 4 heteroatoms. The van der Waals surface area contributed by atoms with E-state index in [1.54, 1.807) is 7.05 Å². The number of carbonyl (C=O) groups excluding carboxylic acids is 1. The zero-order chi connectivity index (χ0) is 14.5. The second-order valence-corrected chi connectivity index (χ2v) is 5.66. The van der Waals surface area contributed by atoms with Crippen molar-refractivity contribution in [3.63, 3.8) is 0 Å². The van der Waals surface area contributed by atoms with Crippen molar-refractivity contribution in [1.82, 2.24) is 10.6 Å². The Labute approximate surface area is 116 Å². The Morgan fingerprint density at radius 2 is 1.89 bits per heavy atom.